The summed E-state index contributed by atoms with van der Waals surface area (Å²) in [7, 11) is 0. The van der Waals surface area contributed by atoms with Gasteiger partial charge in [-0.2, -0.15) is 9.50 Å². The minimum absolute atomic E-state index is 0.0115. The summed E-state index contributed by atoms with van der Waals surface area (Å²) in [6.45, 7) is 4.70. The van der Waals surface area contributed by atoms with Crippen LogP contribution in [0.25, 0.3) is 17.2 Å². The van der Waals surface area contributed by atoms with Gasteiger partial charge in [-0.25, -0.2) is 4.98 Å². The van der Waals surface area contributed by atoms with Crippen LogP contribution in [0, 0.1) is 13.8 Å². The normalized spacial score (nSPS) is 11.2. The number of hydrogen-bond acceptors (Lipinski definition) is 6. The van der Waals surface area contributed by atoms with Crippen molar-refractivity contribution in [1.29, 1.82) is 0 Å². The lowest BCUT2D eigenvalue weighted by Gasteiger charge is -2.23. The van der Waals surface area contributed by atoms with E-state index >= 15 is 0 Å². The molecule has 2 heterocycles. The number of anilines is 1. The van der Waals surface area contributed by atoms with Gasteiger partial charge in [0.05, 0.1) is 13.2 Å². The second kappa shape index (κ2) is 6.94. The summed E-state index contributed by atoms with van der Waals surface area (Å²) in [5, 5.41) is 23.2. The van der Waals surface area contributed by atoms with E-state index < -0.39 is 0 Å². The summed E-state index contributed by atoms with van der Waals surface area (Å²) in [6.07, 6.45) is 0. The van der Waals surface area contributed by atoms with E-state index in [1.54, 1.807) is 4.52 Å². The van der Waals surface area contributed by atoms with Gasteiger partial charge in [-0.1, -0.05) is 29.8 Å². The van der Waals surface area contributed by atoms with Gasteiger partial charge in [-0.15, -0.1) is 5.10 Å². The van der Waals surface area contributed by atoms with Gasteiger partial charge in [-0.3, -0.25) is 0 Å². The van der Waals surface area contributed by atoms with E-state index in [0.717, 1.165) is 17.1 Å². The van der Waals surface area contributed by atoms with Crippen LogP contribution in [0.15, 0.2) is 30.3 Å². The van der Waals surface area contributed by atoms with Gasteiger partial charge in [0.25, 0.3) is 5.78 Å². The molecule has 0 atom stereocenters. The summed E-state index contributed by atoms with van der Waals surface area (Å²) in [4.78, 5) is 10.8. The quantitative estimate of drug-likeness (QED) is 0.707. The molecule has 2 aromatic heterocycles. The first-order valence-corrected chi connectivity index (χ1v) is 7.90. The van der Waals surface area contributed by atoms with Crippen molar-refractivity contribution in [3.8, 4) is 11.4 Å². The van der Waals surface area contributed by atoms with Crippen LogP contribution >= 0.6 is 0 Å². The van der Waals surface area contributed by atoms with E-state index in [1.165, 1.54) is 5.56 Å². The zero-order chi connectivity index (χ0) is 17.1. The summed E-state index contributed by atoms with van der Waals surface area (Å²) in [6, 6.07) is 9.88. The average Bonchev–Trinajstić information content (AvgIpc) is 2.98. The second-order valence-corrected chi connectivity index (χ2v) is 5.70. The Labute approximate surface area is 140 Å². The minimum Gasteiger partial charge on any atom is -0.395 e. The predicted octanol–water partition coefficient (Wildman–Crippen LogP) is 1.20. The van der Waals surface area contributed by atoms with Gasteiger partial charge >= 0.3 is 0 Å². The first kappa shape index (κ1) is 16.4. The fraction of sp³-hybridized carbons (Fsp3) is 0.353. The molecule has 0 aliphatic rings. The monoisotopic (exact) mass is 327 g/mol. The Bertz CT molecular complexity index is 823. The third kappa shape index (κ3) is 3.22. The Hall–Kier alpha value is -2.51. The molecule has 0 spiro atoms. The van der Waals surface area contributed by atoms with E-state index in [-0.39, 0.29) is 13.2 Å². The lowest BCUT2D eigenvalue weighted by atomic mass is 10.1. The molecule has 0 unspecified atom stereocenters. The maximum absolute atomic E-state index is 9.29. The standard InChI is InChI=1S/C17H21N5O2/c1-12-3-5-14(6-4-12)16-19-17-18-13(2)11-15(22(17)20-16)21(7-9-23)8-10-24/h3-6,11,23-24H,7-10H2,1-2H3. The van der Waals surface area contributed by atoms with Crippen LogP contribution in [0.4, 0.5) is 5.82 Å². The fourth-order valence-corrected chi connectivity index (χ4v) is 2.60. The largest absolute Gasteiger partial charge is 0.395 e. The molecule has 3 rings (SSSR count). The van der Waals surface area contributed by atoms with Crippen molar-refractivity contribution in [2.45, 2.75) is 13.8 Å². The van der Waals surface area contributed by atoms with Crippen LogP contribution in [-0.4, -0.2) is 56.1 Å². The van der Waals surface area contributed by atoms with Crippen molar-refractivity contribution in [3.05, 3.63) is 41.6 Å². The SMILES string of the molecule is Cc1ccc(-c2nc3nc(C)cc(N(CCO)CCO)n3n2)cc1. The number of nitrogens with zero attached hydrogens (tertiary/aromatic N) is 5. The fourth-order valence-electron chi connectivity index (χ4n) is 2.60. The summed E-state index contributed by atoms with van der Waals surface area (Å²) in [5.74, 6) is 1.86. The van der Waals surface area contributed by atoms with Crippen molar-refractivity contribution in [1.82, 2.24) is 19.6 Å². The molecule has 0 fully saturated rings. The first-order valence-electron chi connectivity index (χ1n) is 7.90. The number of aliphatic hydroxyl groups excluding tert-OH is 2. The topological polar surface area (TPSA) is 86.8 Å². The highest BCUT2D eigenvalue weighted by atomic mass is 16.3. The van der Waals surface area contributed by atoms with Crippen LogP contribution in [0.5, 0.6) is 0 Å². The summed E-state index contributed by atoms with van der Waals surface area (Å²) >= 11 is 0. The minimum atomic E-state index is -0.0115. The molecule has 24 heavy (non-hydrogen) atoms. The molecule has 0 aliphatic carbocycles. The maximum atomic E-state index is 9.29. The molecule has 0 saturated heterocycles. The Balaban J connectivity index is 2.11. The predicted molar refractivity (Wildman–Crippen MR) is 92.1 cm³/mol. The lowest BCUT2D eigenvalue weighted by Crippen LogP contribution is -2.31. The van der Waals surface area contributed by atoms with Gasteiger partial charge in [0.15, 0.2) is 5.82 Å². The molecule has 7 heteroatoms. The first-order chi connectivity index (χ1) is 11.6. The van der Waals surface area contributed by atoms with Gasteiger partial charge in [0.1, 0.15) is 5.82 Å². The van der Waals surface area contributed by atoms with E-state index in [2.05, 4.69) is 15.1 Å². The van der Waals surface area contributed by atoms with Crippen LogP contribution in [-0.2, 0) is 0 Å². The van der Waals surface area contributed by atoms with E-state index in [4.69, 9.17) is 0 Å². The molecule has 1 aromatic carbocycles. The van der Waals surface area contributed by atoms with E-state index in [9.17, 15) is 10.2 Å². The van der Waals surface area contributed by atoms with Gasteiger partial charge in [0.2, 0.25) is 0 Å². The third-order valence-corrected chi connectivity index (χ3v) is 3.80. The molecule has 3 aromatic rings. The van der Waals surface area contributed by atoms with Crippen molar-refractivity contribution in [2.75, 3.05) is 31.2 Å². The zero-order valence-electron chi connectivity index (χ0n) is 13.8. The molecule has 0 aliphatic heterocycles. The Kier molecular flexibility index (Phi) is 4.73. The van der Waals surface area contributed by atoms with Crippen LogP contribution in [0.3, 0.4) is 0 Å². The Morgan fingerprint density at radius 1 is 1.00 bits per heavy atom. The number of benzene rings is 1. The molecule has 7 nitrogen and oxygen atoms in total. The number of hydrogen-bond donors (Lipinski definition) is 2. The molecule has 0 bridgehead atoms. The molecular formula is C17H21N5O2. The van der Waals surface area contributed by atoms with E-state index in [0.29, 0.717) is 24.7 Å². The number of aromatic nitrogens is 4. The number of rotatable bonds is 6. The summed E-state index contributed by atoms with van der Waals surface area (Å²) in [5.41, 5.74) is 2.90. The highest BCUT2D eigenvalue weighted by molar-refractivity contribution is 5.59. The molecule has 126 valence electrons. The van der Waals surface area contributed by atoms with Crippen molar-refractivity contribution in [3.63, 3.8) is 0 Å². The van der Waals surface area contributed by atoms with Crippen LogP contribution in [0.2, 0.25) is 0 Å². The van der Waals surface area contributed by atoms with Crippen molar-refractivity contribution < 1.29 is 10.2 Å². The second-order valence-electron chi connectivity index (χ2n) is 5.70. The third-order valence-electron chi connectivity index (χ3n) is 3.80. The molecule has 0 saturated carbocycles. The molecular weight excluding hydrogens is 306 g/mol. The van der Waals surface area contributed by atoms with Gasteiger partial charge in [-0.05, 0) is 13.8 Å². The molecule has 2 N–H and O–H groups in total. The summed E-state index contributed by atoms with van der Waals surface area (Å²) < 4.78 is 1.66. The highest BCUT2D eigenvalue weighted by Crippen LogP contribution is 2.21. The van der Waals surface area contributed by atoms with Crippen LogP contribution < -0.4 is 4.90 Å². The van der Waals surface area contributed by atoms with Gasteiger partial charge < -0.3 is 15.1 Å². The number of fused-ring (bicyclic) bond motifs is 1. The molecule has 0 amide bonds. The number of aryl methyl sites for hydroxylation is 2. The van der Waals surface area contributed by atoms with Crippen molar-refractivity contribution in [2.24, 2.45) is 0 Å². The maximum Gasteiger partial charge on any atom is 0.254 e. The molecule has 0 radical (unpaired) electrons. The lowest BCUT2D eigenvalue weighted by molar-refractivity contribution is 0.280. The smallest absolute Gasteiger partial charge is 0.254 e. The van der Waals surface area contributed by atoms with Crippen LogP contribution in [0.1, 0.15) is 11.3 Å². The van der Waals surface area contributed by atoms with Gasteiger partial charge in [0, 0.05) is 30.4 Å². The highest BCUT2D eigenvalue weighted by Gasteiger charge is 2.15. The van der Waals surface area contributed by atoms with Crippen molar-refractivity contribution >= 4 is 11.6 Å². The number of aliphatic hydroxyl groups is 2. The van der Waals surface area contributed by atoms with E-state index in [1.807, 2.05) is 49.1 Å². The Morgan fingerprint density at radius 2 is 1.67 bits per heavy atom. The zero-order valence-corrected chi connectivity index (χ0v) is 13.8. The Morgan fingerprint density at radius 3 is 2.29 bits per heavy atom. The average molecular weight is 327 g/mol.